The highest BCUT2D eigenvalue weighted by atomic mass is 16.2. The van der Waals surface area contributed by atoms with Gasteiger partial charge in [-0.2, -0.15) is 0 Å². The smallest absolute Gasteiger partial charge is 0.315 e. The molecule has 1 aromatic carbocycles. The lowest BCUT2D eigenvalue weighted by molar-refractivity contribution is -0.144. The first kappa shape index (κ1) is 17.8. The van der Waals surface area contributed by atoms with Gasteiger partial charge in [0.25, 0.3) is 0 Å². The predicted octanol–water partition coefficient (Wildman–Crippen LogP) is -0.421. The number of benzene rings is 1. The zero-order valence-corrected chi connectivity index (χ0v) is 15.5. The Bertz CT molecular complexity index is 774. The third-order valence-electron chi connectivity index (χ3n) is 5.75. The number of carbonyl (C=O) groups excluding carboxylic acids is 3. The lowest BCUT2D eigenvalue weighted by Gasteiger charge is -2.47. The zero-order valence-electron chi connectivity index (χ0n) is 15.5. The van der Waals surface area contributed by atoms with Crippen LogP contribution in [-0.2, 0) is 16.1 Å². The third kappa shape index (κ3) is 3.49. The summed E-state index contributed by atoms with van der Waals surface area (Å²) in [6, 6.07) is 7.48. The molecule has 0 unspecified atom stereocenters. The molecule has 4 rings (SSSR count). The minimum Gasteiger partial charge on any atom is -0.353 e. The molecule has 1 atom stereocenters. The van der Waals surface area contributed by atoms with E-state index in [2.05, 4.69) is 39.9 Å². The van der Waals surface area contributed by atoms with Crippen LogP contribution in [0.3, 0.4) is 0 Å². The van der Waals surface area contributed by atoms with Gasteiger partial charge in [0.05, 0.1) is 18.0 Å². The van der Waals surface area contributed by atoms with E-state index in [4.69, 9.17) is 0 Å². The van der Waals surface area contributed by atoms with Gasteiger partial charge in [-0.1, -0.05) is 24.3 Å². The molecule has 0 radical (unpaired) electrons. The Morgan fingerprint density at radius 1 is 1.22 bits per heavy atom. The quantitative estimate of drug-likeness (QED) is 0.670. The molecular formula is C19H25N5O3. The van der Waals surface area contributed by atoms with Gasteiger partial charge in [0.15, 0.2) is 0 Å². The summed E-state index contributed by atoms with van der Waals surface area (Å²) in [4.78, 5) is 40.3. The summed E-state index contributed by atoms with van der Waals surface area (Å²) >= 11 is 0. The first-order valence-electron chi connectivity index (χ1n) is 9.36. The highest BCUT2D eigenvalue weighted by Gasteiger charge is 2.50. The number of urea groups is 1. The molecule has 1 aromatic rings. The Morgan fingerprint density at radius 2 is 2.00 bits per heavy atom. The van der Waals surface area contributed by atoms with Crippen LogP contribution in [-0.4, -0.2) is 71.9 Å². The fourth-order valence-corrected chi connectivity index (χ4v) is 4.10. The zero-order chi connectivity index (χ0) is 19.0. The van der Waals surface area contributed by atoms with Gasteiger partial charge in [-0.15, -0.1) is 0 Å². The molecule has 3 saturated heterocycles. The van der Waals surface area contributed by atoms with E-state index in [0.717, 1.165) is 6.54 Å². The molecule has 8 heteroatoms. The van der Waals surface area contributed by atoms with E-state index in [1.54, 1.807) is 4.90 Å². The second-order valence-electron chi connectivity index (χ2n) is 7.75. The SMILES string of the molecule is Cc1ccccc1CN1CCNC(=O)[C@H]1CC(=O)N1CC2(CNC(=O)N2)C1. The van der Waals surface area contributed by atoms with Crippen molar-refractivity contribution in [2.75, 3.05) is 32.7 Å². The van der Waals surface area contributed by atoms with Gasteiger partial charge in [-0.25, -0.2) is 4.79 Å². The molecule has 3 N–H and O–H groups in total. The Kier molecular flexibility index (Phi) is 4.51. The second kappa shape index (κ2) is 6.84. The normalized spacial score (nSPS) is 24.2. The number of hydrogen-bond acceptors (Lipinski definition) is 4. The number of likely N-dealkylation sites (tertiary alicyclic amines) is 1. The van der Waals surface area contributed by atoms with Crippen LogP contribution in [0.1, 0.15) is 17.5 Å². The second-order valence-corrected chi connectivity index (χ2v) is 7.75. The standard InChI is InChI=1S/C19H25N5O3/c1-13-4-2-3-5-14(13)9-23-7-6-20-17(26)15(23)8-16(25)24-11-19(12-24)10-21-18(27)22-19/h2-5,15H,6-12H2,1H3,(H,20,26)(H2,21,22,27)/t15-/m1/s1. The Labute approximate surface area is 158 Å². The van der Waals surface area contributed by atoms with Crippen molar-refractivity contribution >= 4 is 17.8 Å². The summed E-state index contributed by atoms with van der Waals surface area (Å²) < 4.78 is 0. The summed E-state index contributed by atoms with van der Waals surface area (Å²) in [5.74, 6) is -0.132. The maximum atomic E-state index is 12.7. The number of aryl methyl sites for hydroxylation is 1. The fraction of sp³-hybridized carbons (Fsp3) is 0.526. The molecule has 3 heterocycles. The van der Waals surface area contributed by atoms with E-state index in [9.17, 15) is 14.4 Å². The molecule has 0 saturated carbocycles. The van der Waals surface area contributed by atoms with Crippen molar-refractivity contribution in [3.8, 4) is 0 Å². The number of rotatable bonds is 4. The van der Waals surface area contributed by atoms with E-state index in [-0.39, 0.29) is 29.8 Å². The summed E-state index contributed by atoms with van der Waals surface area (Å²) in [5, 5.41) is 8.50. The number of nitrogens with one attached hydrogen (secondary N) is 3. The topological polar surface area (TPSA) is 93.8 Å². The molecule has 0 aromatic heterocycles. The molecule has 8 nitrogen and oxygen atoms in total. The first-order chi connectivity index (χ1) is 13.0. The molecule has 3 aliphatic heterocycles. The molecule has 0 aliphatic carbocycles. The van der Waals surface area contributed by atoms with E-state index < -0.39 is 6.04 Å². The highest BCUT2D eigenvalue weighted by molar-refractivity contribution is 5.89. The maximum absolute atomic E-state index is 12.7. The molecule has 144 valence electrons. The highest BCUT2D eigenvalue weighted by Crippen LogP contribution is 2.25. The molecule has 3 fully saturated rings. The van der Waals surface area contributed by atoms with Crippen molar-refractivity contribution in [1.29, 1.82) is 0 Å². The minimum atomic E-state index is -0.460. The van der Waals surface area contributed by atoms with Gasteiger partial charge in [0, 0.05) is 39.3 Å². The number of nitrogens with zero attached hydrogens (tertiary/aromatic N) is 2. The van der Waals surface area contributed by atoms with Crippen molar-refractivity contribution in [3.05, 3.63) is 35.4 Å². The monoisotopic (exact) mass is 371 g/mol. The van der Waals surface area contributed by atoms with Gasteiger partial charge < -0.3 is 20.9 Å². The van der Waals surface area contributed by atoms with Crippen LogP contribution in [0.15, 0.2) is 24.3 Å². The van der Waals surface area contributed by atoms with Gasteiger partial charge in [-0.3, -0.25) is 14.5 Å². The number of amides is 4. The van der Waals surface area contributed by atoms with Crippen molar-refractivity contribution in [2.24, 2.45) is 0 Å². The molecule has 3 aliphatic rings. The van der Waals surface area contributed by atoms with Gasteiger partial charge in [0.2, 0.25) is 11.8 Å². The van der Waals surface area contributed by atoms with Gasteiger partial charge in [-0.05, 0) is 18.1 Å². The van der Waals surface area contributed by atoms with Crippen LogP contribution in [0.5, 0.6) is 0 Å². The van der Waals surface area contributed by atoms with Crippen LogP contribution in [0.25, 0.3) is 0 Å². The van der Waals surface area contributed by atoms with Crippen molar-refractivity contribution < 1.29 is 14.4 Å². The minimum absolute atomic E-state index is 0.0430. The summed E-state index contributed by atoms with van der Waals surface area (Å²) in [5.41, 5.74) is 2.03. The first-order valence-corrected chi connectivity index (χ1v) is 9.36. The number of piperazine rings is 1. The summed E-state index contributed by atoms with van der Waals surface area (Å²) in [6.45, 7) is 5.57. The van der Waals surface area contributed by atoms with E-state index in [1.807, 2.05) is 12.1 Å². The Hall–Kier alpha value is -2.61. The van der Waals surface area contributed by atoms with Crippen LogP contribution in [0, 0.1) is 6.92 Å². The predicted molar refractivity (Wildman–Crippen MR) is 98.8 cm³/mol. The average molecular weight is 371 g/mol. The van der Waals surface area contributed by atoms with E-state index in [1.165, 1.54) is 11.1 Å². The van der Waals surface area contributed by atoms with Crippen molar-refractivity contribution in [2.45, 2.75) is 31.5 Å². The lowest BCUT2D eigenvalue weighted by Crippen LogP contribution is -2.70. The number of carbonyl (C=O) groups is 3. The molecule has 1 spiro atoms. The summed E-state index contributed by atoms with van der Waals surface area (Å²) in [7, 11) is 0. The van der Waals surface area contributed by atoms with Crippen molar-refractivity contribution in [1.82, 2.24) is 25.8 Å². The van der Waals surface area contributed by atoms with Gasteiger partial charge in [0.1, 0.15) is 0 Å². The molecule has 4 amide bonds. The Balaban J connectivity index is 1.39. The van der Waals surface area contributed by atoms with Crippen LogP contribution >= 0.6 is 0 Å². The van der Waals surface area contributed by atoms with E-state index >= 15 is 0 Å². The van der Waals surface area contributed by atoms with Gasteiger partial charge >= 0.3 is 6.03 Å². The number of hydrogen-bond donors (Lipinski definition) is 3. The van der Waals surface area contributed by atoms with Crippen LogP contribution < -0.4 is 16.0 Å². The Morgan fingerprint density at radius 3 is 2.70 bits per heavy atom. The van der Waals surface area contributed by atoms with Crippen LogP contribution in [0.4, 0.5) is 4.79 Å². The van der Waals surface area contributed by atoms with Crippen LogP contribution in [0.2, 0.25) is 0 Å². The molecule has 0 bridgehead atoms. The largest absolute Gasteiger partial charge is 0.353 e. The average Bonchev–Trinajstić information content (AvgIpc) is 3.01. The lowest BCUT2D eigenvalue weighted by atomic mass is 9.90. The fourth-order valence-electron chi connectivity index (χ4n) is 4.10. The third-order valence-corrected chi connectivity index (χ3v) is 5.75. The van der Waals surface area contributed by atoms with E-state index in [0.29, 0.717) is 32.7 Å². The maximum Gasteiger partial charge on any atom is 0.315 e. The van der Waals surface area contributed by atoms with Crippen molar-refractivity contribution in [3.63, 3.8) is 0 Å². The molecule has 27 heavy (non-hydrogen) atoms. The summed E-state index contributed by atoms with van der Waals surface area (Å²) in [6.07, 6.45) is 0.162. The molecular weight excluding hydrogens is 346 g/mol.